The average molecular weight is 782 g/mol. The Kier molecular flexibility index (Phi) is 8.63. The van der Waals surface area contributed by atoms with E-state index < -0.39 is 5.41 Å². The van der Waals surface area contributed by atoms with E-state index in [0.29, 0.717) is 5.92 Å². The Bertz CT molecular complexity index is 2980. The third-order valence-electron chi connectivity index (χ3n) is 14.4. The molecule has 9 aromatic carbocycles. The molecule has 0 N–H and O–H groups in total. The van der Waals surface area contributed by atoms with E-state index in [4.69, 9.17) is 0 Å². The first-order valence-electron chi connectivity index (χ1n) is 22.2. The van der Waals surface area contributed by atoms with Crippen LogP contribution in [0.5, 0.6) is 0 Å². The standard InChI is InChI=1S/C60H47N/c1-4-14-42(15-5-1)52-23-12-16-45-17-13-24-53(59(45)52)43-28-32-49(33-29-43)61(50-34-30-44(31-35-50)56-39-41-26-27-46(56)38-41)51-36-37-55-54-22-10-11-25-57(54)60(58(55)40-51,47-18-6-2-7-19-47)48-20-8-3-9-21-48/h1-25,28-37,40-41,46,56H,26-27,38-39H2. The van der Waals surface area contributed by atoms with Crippen molar-refractivity contribution < 1.29 is 0 Å². The monoisotopic (exact) mass is 781 g/mol. The minimum Gasteiger partial charge on any atom is -0.310 e. The van der Waals surface area contributed by atoms with Gasteiger partial charge < -0.3 is 4.90 Å². The lowest BCUT2D eigenvalue weighted by Crippen LogP contribution is -2.28. The van der Waals surface area contributed by atoms with Crippen LogP contribution < -0.4 is 4.90 Å². The molecule has 1 heteroatoms. The maximum atomic E-state index is 2.49. The lowest BCUT2D eigenvalue weighted by Gasteiger charge is -2.35. The van der Waals surface area contributed by atoms with Crippen LogP contribution in [-0.2, 0) is 5.41 Å². The van der Waals surface area contributed by atoms with Crippen LogP contribution in [0.25, 0.3) is 44.2 Å². The molecule has 3 aliphatic carbocycles. The molecule has 0 radical (unpaired) electrons. The van der Waals surface area contributed by atoms with Gasteiger partial charge in [0.1, 0.15) is 0 Å². The summed E-state index contributed by atoms with van der Waals surface area (Å²) in [5.41, 5.74) is 17.2. The summed E-state index contributed by atoms with van der Waals surface area (Å²) in [4.78, 5) is 2.48. The lowest BCUT2D eigenvalue weighted by atomic mass is 9.67. The fourth-order valence-corrected chi connectivity index (χ4v) is 11.8. The highest BCUT2D eigenvalue weighted by molar-refractivity contribution is 6.06. The Morgan fingerprint density at radius 1 is 0.393 bits per heavy atom. The van der Waals surface area contributed by atoms with E-state index in [1.54, 1.807) is 0 Å². The maximum Gasteiger partial charge on any atom is 0.0714 e. The molecule has 12 rings (SSSR count). The first-order chi connectivity index (χ1) is 30.2. The van der Waals surface area contributed by atoms with Crippen LogP contribution in [0.4, 0.5) is 17.1 Å². The Labute approximate surface area is 359 Å². The van der Waals surface area contributed by atoms with Crippen molar-refractivity contribution in [3.63, 3.8) is 0 Å². The van der Waals surface area contributed by atoms with Crippen LogP contribution in [0.2, 0.25) is 0 Å². The summed E-state index contributed by atoms with van der Waals surface area (Å²) in [5, 5.41) is 2.54. The molecule has 3 unspecified atom stereocenters. The van der Waals surface area contributed by atoms with E-state index in [1.807, 2.05) is 0 Å². The van der Waals surface area contributed by atoms with Gasteiger partial charge in [0.15, 0.2) is 0 Å². The van der Waals surface area contributed by atoms with Crippen molar-refractivity contribution in [1.29, 1.82) is 0 Å². The van der Waals surface area contributed by atoms with Gasteiger partial charge in [-0.1, -0.05) is 188 Å². The van der Waals surface area contributed by atoms with Gasteiger partial charge in [0.2, 0.25) is 0 Å². The molecule has 1 nitrogen and oxygen atoms in total. The summed E-state index contributed by atoms with van der Waals surface area (Å²) < 4.78 is 0. The van der Waals surface area contributed by atoms with Gasteiger partial charge in [0.25, 0.3) is 0 Å². The summed E-state index contributed by atoms with van der Waals surface area (Å²) in [5.74, 6) is 2.46. The summed E-state index contributed by atoms with van der Waals surface area (Å²) in [7, 11) is 0. The second-order valence-electron chi connectivity index (χ2n) is 17.6. The number of nitrogens with zero attached hydrogens (tertiary/aromatic N) is 1. The van der Waals surface area contributed by atoms with E-state index >= 15 is 0 Å². The van der Waals surface area contributed by atoms with Crippen LogP contribution in [0.3, 0.4) is 0 Å². The zero-order valence-electron chi connectivity index (χ0n) is 34.3. The molecule has 61 heavy (non-hydrogen) atoms. The van der Waals surface area contributed by atoms with Crippen molar-refractivity contribution in [1.82, 2.24) is 0 Å². The van der Waals surface area contributed by atoms with Crippen LogP contribution in [-0.4, -0.2) is 0 Å². The number of benzene rings is 9. The van der Waals surface area contributed by atoms with Crippen LogP contribution in [0, 0.1) is 11.8 Å². The van der Waals surface area contributed by atoms with Crippen molar-refractivity contribution in [2.24, 2.45) is 11.8 Å². The third kappa shape index (κ3) is 5.82. The van der Waals surface area contributed by atoms with Crippen molar-refractivity contribution >= 4 is 27.8 Å². The molecule has 9 aromatic rings. The molecule has 0 aliphatic heterocycles. The number of rotatable bonds is 8. The molecule has 0 saturated heterocycles. The smallest absolute Gasteiger partial charge is 0.0714 e. The Morgan fingerprint density at radius 3 is 1.56 bits per heavy atom. The molecule has 2 bridgehead atoms. The zero-order chi connectivity index (χ0) is 40.3. The molecular weight excluding hydrogens is 735 g/mol. The molecule has 2 saturated carbocycles. The van der Waals surface area contributed by atoms with E-state index in [2.05, 4.69) is 223 Å². The molecular formula is C60H47N. The fraction of sp³-hybridized carbons (Fsp3) is 0.133. The highest BCUT2D eigenvalue weighted by Gasteiger charge is 2.46. The van der Waals surface area contributed by atoms with Crippen molar-refractivity contribution in [3.8, 4) is 33.4 Å². The third-order valence-corrected chi connectivity index (χ3v) is 14.4. The van der Waals surface area contributed by atoms with Crippen molar-refractivity contribution in [2.45, 2.75) is 37.0 Å². The van der Waals surface area contributed by atoms with Crippen LogP contribution in [0.15, 0.2) is 218 Å². The molecule has 0 aromatic heterocycles. The summed E-state index contributed by atoms with van der Waals surface area (Å²) in [6.07, 6.45) is 5.57. The molecule has 0 spiro atoms. The topological polar surface area (TPSA) is 3.24 Å². The van der Waals surface area contributed by atoms with E-state index in [0.717, 1.165) is 23.2 Å². The predicted octanol–water partition coefficient (Wildman–Crippen LogP) is 15.9. The first kappa shape index (κ1) is 35.9. The van der Waals surface area contributed by atoms with Gasteiger partial charge in [-0.15, -0.1) is 0 Å². The molecule has 0 amide bonds. The Balaban J connectivity index is 1.03. The Morgan fingerprint density at radius 2 is 0.934 bits per heavy atom. The van der Waals surface area contributed by atoms with Gasteiger partial charge in [-0.2, -0.15) is 0 Å². The van der Waals surface area contributed by atoms with Gasteiger partial charge in [-0.3, -0.25) is 0 Å². The van der Waals surface area contributed by atoms with E-state index in [1.165, 1.54) is 103 Å². The molecule has 3 atom stereocenters. The van der Waals surface area contributed by atoms with E-state index in [-0.39, 0.29) is 0 Å². The highest BCUT2D eigenvalue weighted by atomic mass is 15.1. The first-order valence-corrected chi connectivity index (χ1v) is 22.2. The number of anilines is 3. The summed E-state index contributed by atoms with van der Waals surface area (Å²) in [6.45, 7) is 0. The van der Waals surface area contributed by atoms with Gasteiger partial charge in [0, 0.05) is 17.1 Å². The average Bonchev–Trinajstić information content (AvgIpc) is 4.06. The maximum absolute atomic E-state index is 2.49. The highest BCUT2D eigenvalue weighted by Crippen LogP contribution is 2.58. The number of hydrogen-bond acceptors (Lipinski definition) is 1. The minimum atomic E-state index is -0.476. The van der Waals surface area contributed by atoms with Gasteiger partial charge in [-0.05, 0) is 145 Å². The van der Waals surface area contributed by atoms with Gasteiger partial charge in [-0.25, -0.2) is 0 Å². The van der Waals surface area contributed by atoms with Gasteiger partial charge >= 0.3 is 0 Å². The van der Waals surface area contributed by atoms with Crippen LogP contribution >= 0.6 is 0 Å². The van der Waals surface area contributed by atoms with Crippen molar-refractivity contribution in [3.05, 3.63) is 246 Å². The molecule has 292 valence electrons. The van der Waals surface area contributed by atoms with Crippen molar-refractivity contribution in [2.75, 3.05) is 4.90 Å². The van der Waals surface area contributed by atoms with Gasteiger partial charge in [0.05, 0.1) is 5.41 Å². The second-order valence-corrected chi connectivity index (χ2v) is 17.6. The lowest BCUT2D eigenvalue weighted by molar-refractivity contribution is 0.420. The zero-order valence-corrected chi connectivity index (χ0v) is 34.3. The molecule has 0 heterocycles. The molecule has 3 aliphatic rings. The SMILES string of the molecule is c1ccc(-c2cccc3cccc(-c4ccc(N(c5ccc(C6CC7CCC6C7)cc5)c5ccc6c(c5)C(c5ccccc5)(c5ccccc5)c5ccccc5-6)cc4)c23)cc1. The number of fused-ring (bicyclic) bond motifs is 6. The predicted molar refractivity (Wildman–Crippen MR) is 255 cm³/mol. The fourth-order valence-electron chi connectivity index (χ4n) is 11.8. The number of hydrogen-bond donors (Lipinski definition) is 0. The quantitative estimate of drug-likeness (QED) is 0.148. The van der Waals surface area contributed by atoms with E-state index in [9.17, 15) is 0 Å². The summed E-state index contributed by atoms with van der Waals surface area (Å²) >= 11 is 0. The minimum absolute atomic E-state index is 0.476. The van der Waals surface area contributed by atoms with Crippen LogP contribution in [0.1, 0.15) is 59.4 Å². The molecule has 2 fully saturated rings. The Hall–Kier alpha value is -6.96. The normalized spacial score (nSPS) is 18.2. The largest absolute Gasteiger partial charge is 0.310 e. The summed E-state index contributed by atoms with van der Waals surface area (Å²) in [6, 6.07) is 81.6. The second kappa shape index (κ2) is 14.6.